The van der Waals surface area contributed by atoms with E-state index in [4.69, 9.17) is 10.2 Å². The Morgan fingerprint density at radius 1 is 1.06 bits per heavy atom. The molecule has 0 rings (SSSR count). The average Bonchev–Trinajstić information content (AvgIpc) is 2.21. The van der Waals surface area contributed by atoms with Crippen LogP contribution in [0.4, 0.5) is 0 Å². The Labute approximate surface area is 96.0 Å². The predicted octanol–water partition coefficient (Wildman–Crippen LogP) is 2.69. The molecule has 0 aromatic heterocycles. The molecule has 0 aliphatic heterocycles. The first-order chi connectivity index (χ1) is 7.59. The molecule has 4 nitrogen and oxygen atoms in total. The molecule has 0 heterocycles. The molecule has 2 N–H and O–H groups in total. The summed E-state index contributed by atoms with van der Waals surface area (Å²) in [6, 6.07) is 0. The Balaban J connectivity index is 3.72. The average molecular weight is 228 g/mol. The van der Waals surface area contributed by atoms with Gasteiger partial charge in [0.1, 0.15) is 0 Å². The molecule has 0 aliphatic rings. The van der Waals surface area contributed by atoms with Gasteiger partial charge in [0.25, 0.3) is 0 Å². The lowest BCUT2D eigenvalue weighted by atomic mass is 10.1. The number of allylic oxidation sites excluding steroid dienone is 1. The van der Waals surface area contributed by atoms with Crippen LogP contribution in [0, 0.1) is 5.92 Å². The summed E-state index contributed by atoms with van der Waals surface area (Å²) in [4.78, 5) is 21.0. The van der Waals surface area contributed by atoms with Crippen LogP contribution in [0.3, 0.4) is 0 Å². The number of aliphatic carboxylic acids is 2. The molecule has 0 bridgehead atoms. The van der Waals surface area contributed by atoms with Crippen molar-refractivity contribution >= 4 is 11.9 Å². The van der Waals surface area contributed by atoms with Gasteiger partial charge in [-0.25, -0.2) is 0 Å². The van der Waals surface area contributed by atoms with E-state index in [0.717, 1.165) is 19.3 Å². The van der Waals surface area contributed by atoms with Crippen LogP contribution in [0.25, 0.3) is 0 Å². The molecule has 0 saturated carbocycles. The van der Waals surface area contributed by atoms with E-state index in [1.54, 1.807) is 6.08 Å². The van der Waals surface area contributed by atoms with Crippen LogP contribution < -0.4 is 0 Å². The number of carboxylic acids is 2. The van der Waals surface area contributed by atoms with Gasteiger partial charge in [-0.2, -0.15) is 0 Å². The molecule has 0 fully saturated rings. The second-order valence-electron chi connectivity index (χ2n) is 3.79. The highest BCUT2D eigenvalue weighted by atomic mass is 16.4. The van der Waals surface area contributed by atoms with Gasteiger partial charge >= 0.3 is 11.9 Å². The van der Waals surface area contributed by atoms with Gasteiger partial charge in [-0.3, -0.25) is 9.59 Å². The smallest absolute Gasteiger partial charge is 0.321 e. The molecule has 0 aromatic rings. The normalized spacial score (nSPS) is 11.1. The summed E-state index contributed by atoms with van der Waals surface area (Å²) in [5, 5.41) is 17.2. The SMILES string of the molecule is CCCCCCC/C=C\C(C(=O)O)C(=O)O. The summed E-state index contributed by atoms with van der Waals surface area (Å²) < 4.78 is 0. The molecule has 0 aliphatic carbocycles. The van der Waals surface area contributed by atoms with Crippen molar-refractivity contribution in [3.63, 3.8) is 0 Å². The summed E-state index contributed by atoms with van der Waals surface area (Å²) >= 11 is 0. The second kappa shape index (κ2) is 8.95. The number of unbranched alkanes of at least 4 members (excludes halogenated alkanes) is 5. The van der Waals surface area contributed by atoms with Crippen molar-refractivity contribution in [1.82, 2.24) is 0 Å². The minimum absolute atomic E-state index is 0.751. The lowest BCUT2D eigenvalue weighted by Gasteiger charge is -2.00. The minimum atomic E-state index is -1.41. The van der Waals surface area contributed by atoms with Crippen LogP contribution in [-0.2, 0) is 9.59 Å². The van der Waals surface area contributed by atoms with Crippen molar-refractivity contribution in [2.45, 2.75) is 45.4 Å². The maximum Gasteiger partial charge on any atom is 0.321 e. The van der Waals surface area contributed by atoms with E-state index < -0.39 is 17.9 Å². The van der Waals surface area contributed by atoms with E-state index in [9.17, 15) is 9.59 Å². The van der Waals surface area contributed by atoms with Gasteiger partial charge in [0.15, 0.2) is 5.92 Å². The molecule has 4 heteroatoms. The summed E-state index contributed by atoms with van der Waals surface area (Å²) in [5.74, 6) is -4.03. The summed E-state index contributed by atoms with van der Waals surface area (Å²) in [6.45, 7) is 2.14. The van der Waals surface area contributed by atoms with E-state index in [-0.39, 0.29) is 0 Å². The van der Waals surface area contributed by atoms with Gasteiger partial charge < -0.3 is 10.2 Å². The van der Waals surface area contributed by atoms with E-state index in [1.165, 1.54) is 25.3 Å². The summed E-state index contributed by atoms with van der Waals surface area (Å²) in [7, 11) is 0. The van der Waals surface area contributed by atoms with Gasteiger partial charge in [-0.15, -0.1) is 0 Å². The van der Waals surface area contributed by atoms with Gasteiger partial charge in [0.2, 0.25) is 0 Å². The lowest BCUT2D eigenvalue weighted by Crippen LogP contribution is -2.20. The van der Waals surface area contributed by atoms with Crippen molar-refractivity contribution < 1.29 is 19.8 Å². The topological polar surface area (TPSA) is 74.6 Å². The summed E-state index contributed by atoms with van der Waals surface area (Å²) in [6.07, 6.45) is 9.35. The monoisotopic (exact) mass is 228 g/mol. The van der Waals surface area contributed by atoms with E-state index in [0.29, 0.717) is 0 Å². The van der Waals surface area contributed by atoms with Crippen LogP contribution >= 0.6 is 0 Å². The highest BCUT2D eigenvalue weighted by Crippen LogP contribution is 2.07. The van der Waals surface area contributed by atoms with Crippen molar-refractivity contribution in [2.24, 2.45) is 5.92 Å². The largest absolute Gasteiger partial charge is 0.480 e. The number of rotatable bonds is 9. The van der Waals surface area contributed by atoms with Crippen LogP contribution in [0.15, 0.2) is 12.2 Å². The first-order valence-electron chi connectivity index (χ1n) is 5.71. The zero-order chi connectivity index (χ0) is 12.4. The fourth-order valence-corrected chi connectivity index (χ4v) is 1.37. The van der Waals surface area contributed by atoms with E-state index in [1.807, 2.05) is 0 Å². The Morgan fingerprint density at radius 3 is 2.12 bits per heavy atom. The number of carbonyl (C=O) groups is 2. The molecule has 16 heavy (non-hydrogen) atoms. The molecular weight excluding hydrogens is 208 g/mol. The fraction of sp³-hybridized carbons (Fsp3) is 0.667. The molecule has 0 atom stereocenters. The van der Waals surface area contributed by atoms with Crippen molar-refractivity contribution in [1.29, 1.82) is 0 Å². The minimum Gasteiger partial charge on any atom is -0.480 e. The Morgan fingerprint density at radius 2 is 1.62 bits per heavy atom. The Kier molecular flexibility index (Phi) is 8.21. The van der Waals surface area contributed by atoms with Crippen LogP contribution in [0.5, 0.6) is 0 Å². The van der Waals surface area contributed by atoms with E-state index in [2.05, 4.69) is 6.92 Å². The molecule has 0 saturated heterocycles. The maximum absolute atomic E-state index is 10.5. The molecule has 0 radical (unpaired) electrons. The zero-order valence-electron chi connectivity index (χ0n) is 9.69. The van der Waals surface area contributed by atoms with Crippen molar-refractivity contribution in [3.05, 3.63) is 12.2 Å². The standard InChI is InChI=1S/C12H20O4/c1-2-3-4-5-6-7-8-9-10(11(13)14)12(15)16/h8-10H,2-7H2,1H3,(H,13,14)(H,15,16)/b9-8-. The second-order valence-corrected chi connectivity index (χ2v) is 3.79. The highest BCUT2D eigenvalue weighted by molar-refractivity contribution is 5.94. The van der Waals surface area contributed by atoms with Gasteiger partial charge in [-0.1, -0.05) is 44.8 Å². The van der Waals surface area contributed by atoms with Crippen LogP contribution in [0.2, 0.25) is 0 Å². The molecule has 0 aromatic carbocycles. The zero-order valence-corrected chi connectivity index (χ0v) is 9.69. The third-order valence-electron chi connectivity index (χ3n) is 2.33. The first kappa shape index (κ1) is 14.7. The Bertz CT molecular complexity index is 231. The Hall–Kier alpha value is -1.32. The quantitative estimate of drug-likeness (QED) is 0.361. The van der Waals surface area contributed by atoms with E-state index >= 15 is 0 Å². The summed E-state index contributed by atoms with van der Waals surface area (Å²) in [5.41, 5.74) is 0. The van der Waals surface area contributed by atoms with Gasteiger partial charge in [-0.05, 0) is 12.8 Å². The maximum atomic E-state index is 10.5. The third-order valence-corrected chi connectivity index (χ3v) is 2.33. The third kappa shape index (κ3) is 7.04. The molecule has 0 unspecified atom stereocenters. The fourth-order valence-electron chi connectivity index (χ4n) is 1.37. The number of hydrogen-bond acceptors (Lipinski definition) is 2. The van der Waals surface area contributed by atoms with Gasteiger partial charge in [0.05, 0.1) is 0 Å². The highest BCUT2D eigenvalue weighted by Gasteiger charge is 2.21. The van der Waals surface area contributed by atoms with Crippen LogP contribution in [-0.4, -0.2) is 22.2 Å². The molecule has 0 spiro atoms. The molecule has 0 amide bonds. The van der Waals surface area contributed by atoms with Crippen LogP contribution in [0.1, 0.15) is 45.4 Å². The molecule has 92 valence electrons. The number of hydrogen-bond donors (Lipinski definition) is 2. The lowest BCUT2D eigenvalue weighted by molar-refractivity contribution is -0.151. The van der Waals surface area contributed by atoms with Crippen molar-refractivity contribution in [3.8, 4) is 0 Å². The van der Waals surface area contributed by atoms with Crippen molar-refractivity contribution in [2.75, 3.05) is 0 Å². The predicted molar refractivity (Wildman–Crippen MR) is 61.3 cm³/mol. The first-order valence-corrected chi connectivity index (χ1v) is 5.71. The molecular formula is C12H20O4. The van der Waals surface area contributed by atoms with Gasteiger partial charge in [0, 0.05) is 0 Å². The number of carboxylic acid groups (broad SMARTS) is 2.